The van der Waals surface area contributed by atoms with Crippen LogP contribution >= 0.6 is 0 Å². The summed E-state index contributed by atoms with van der Waals surface area (Å²) in [6.45, 7) is 5.31. The van der Waals surface area contributed by atoms with Gasteiger partial charge in [0.25, 0.3) is 0 Å². The molecule has 6 rings (SSSR count). The van der Waals surface area contributed by atoms with Gasteiger partial charge in [-0.1, -0.05) is 91.9 Å². The Kier molecular flexibility index (Phi) is 7.53. The normalized spacial score (nSPS) is 31.1. The second-order valence-electron chi connectivity index (χ2n) is 12.1. The Labute approximate surface area is 247 Å². The summed E-state index contributed by atoms with van der Waals surface area (Å²) in [7, 11) is 0. The van der Waals surface area contributed by atoms with Crippen LogP contribution in [0.2, 0.25) is 0 Å². The zero-order chi connectivity index (χ0) is 29.5. The van der Waals surface area contributed by atoms with Crippen LogP contribution in [-0.4, -0.2) is 87.1 Å². The molecular weight excluding hydrogens is 530 g/mol. The molecular formula is C34H39N3O5. The number of hydrogen-bond acceptors (Lipinski definition) is 5. The lowest BCUT2D eigenvalue weighted by Gasteiger charge is -2.40. The average Bonchev–Trinajstić information content (AvgIpc) is 3.28. The first-order chi connectivity index (χ1) is 20.3. The van der Waals surface area contributed by atoms with E-state index in [0.29, 0.717) is 32.6 Å². The first-order valence-corrected chi connectivity index (χ1v) is 15.0. The van der Waals surface area contributed by atoms with E-state index in [9.17, 15) is 19.5 Å². The summed E-state index contributed by atoms with van der Waals surface area (Å²) < 4.78 is 6.93. The Morgan fingerprint density at radius 1 is 0.857 bits per heavy atom. The lowest BCUT2D eigenvalue weighted by Crippen LogP contribution is -2.59. The zero-order valence-corrected chi connectivity index (χ0v) is 24.3. The van der Waals surface area contributed by atoms with E-state index in [1.807, 2.05) is 98.8 Å². The van der Waals surface area contributed by atoms with Crippen LogP contribution in [0, 0.1) is 11.8 Å². The minimum absolute atomic E-state index is 0.130. The van der Waals surface area contributed by atoms with Gasteiger partial charge in [0.15, 0.2) is 0 Å². The largest absolute Gasteiger partial charge is 0.394 e. The van der Waals surface area contributed by atoms with Crippen molar-refractivity contribution in [1.29, 1.82) is 0 Å². The number of hydrogen-bond donors (Lipinski definition) is 1. The van der Waals surface area contributed by atoms with Crippen molar-refractivity contribution in [3.05, 3.63) is 96.1 Å². The van der Waals surface area contributed by atoms with Crippen LogP contribution in [0.3, 0.4) is 0 Å². The molecule has 2 aromatic carbocycles. The maximum atomic E-state index is 14.7. The highest BCUT2D eigenvalue weighted by atomic mass is 16.5. The van der Waals surface area contributed by atoms with E-state index in [1.165, 1.54) is 0 Å². The molecule has 2 saturated heterocycles. The fourth-order valence-corrected chi connectivity index (χ4v) is 7.51. The van der Waals surface area contributed by atoms with Crippen molar-refractivity contribution in [2.45, 2.75) is 56.5 Å². The van der Waals surface area contributed by atoms with Gasteiger partial charge in [-0.15, -0.1) is 0 Å². The number of benzene rings is 2. The maximum absolute atomic E-state index is 14.7. The van der Waals surface area contributed by atoms with Crippen LogP contribution in [-0.2, 0) is 32.1 Å². The summed E-state index contributed by atoms with van der Waals surface area (Å²) >= 11 is 0. The number of nitrogens with zero attached hydrogens (tertiary/aromatic N) is 3. The molecule has 8 nitrogen and oxygen atoms in total. The molecule has 8 heteroatoms. The van der Waals surface area contributed by atoms with Gasteiger partial charge in [-0.3, -0.25) is 14.4 Å². The van der Waals surface area contributed by atoms with Crippen LogP contribution in [0.4, 0.5) is 0 Å². The lowest BCUT2D eigenvalue weighted by atomic mass is 9.74. The highest BCUT2D eigenvalue weighted by Gasteiger charge is 2.75. The molecule has 0 bridgehead atoms. The summed E-state index contributed by atoms with van der Waals surface area (Å²) in [5.74, 6) is -2.38. The number of fused-ring (bicyclic) bond motifs is 2. The predicted octanol–water partition coefficient (Wildman–Crippen LogP) is 2.97. The molecule has 2 fully saturated rings. The molecule has 4 heterocycles. The molecule has 6 atom stereocenters. The van der Waals surface area contributed by atoms with E-state index in [1.54, 1.807) is 14.7 Å². The number of carbonyl (C=O) groups is 3. The van der Waals surface area contributed by atoms with E-state index in [-0.39, 0.29) is 24.3 Å². The predicted molar refractivity (Wildman–Crippen MR) is 158 cm³/mol. The van der Waals surface area contributed by atoms with Crippen molar-refractivity contribution in [3.8, 4) is 0 Å². The van der Waals surface area contributed by atoms with Crippen molar-refractivity contribution in [2.75, 3.05) is 26.2 Å². The third-order valence-corrected chi connectivity index (χ3v) is 9.29. The zero-order valence-electron chi connectivity index (χ0n) is 24.3. The number of carbonyl (C=O) groups excluding carboxylic acids is 3. The molecule has 1 unspecified atom stereocenters. The van der Waals surface area contributed by atoms with Gasteiger partial charge >= 0.3 is 0 Å². The second kappa shape index (κ2) is 11.2. The number of likely N-dealkylation sites (tertiary alicyclic amines) is 1. The monoisotopic (exact) mass is 569 g/mol. The molecule has 1 N–H and O–H groups in total. The van der Waals surface area contributed by atoms with E-state index < -0.39 is 35.1 Å². The first kappa shape index (κ1) is 28.4. The standard InChI is InChI=1S/C34H39N3O5/c1-3-18-35-19-10-16-33(2)27(30(35)39)28-31(40)37(26(23-38)21-24-12-6-4-7-13-24)29-32(41)36(20-11-17-34(28,29)42-33)22-25-14-8-5-9-15-25/h4-17,26-29,38H,3,18-23H2,1-2H3/t26-,27+,28+,29?,33-,34+/m1/s1. The topological polar surface area (TPSA) is 90.4 Å². The van der Waals surface area contributed by atoms with Gasteiger partial charge in [0.05, 0.1) is 30.1 Å². The SMILES string of the molecule is CCCN1CC=C[C@@]2(C)O[C@]34C=CCN(Cc5ccccc5)C(=O)C3N([C@@H](CO)Cc3ccccc3)C(=O)[C@@H]4[C@H]2C1=O. The van der Waals surface area contributed by atoms with E-state index >= 15 is 0 Å². The Hall–Kier alpha value is -3.75. The second-order valence-corrected chi connectivity index (χ2v) is 12.1. The van der Waals surface area contributed by atoms with Crippen molar-refractivity contribution in [2.24, 2.45) is 11.8 Å². The molecule has 0 aromatic heterocycles. The van der Waals surface area contributed by atoms with Crippen molar-refractivity contribution in [3.63, 3.8) is 0 Å². The molecule has 4 aliphatic rings. The van der Waals surface area contributed by atoms with Gasteiger partial charge in [0.1, 0.15) is 11.6 Å². The Balaban J connectivity index is 1.46. The minimum Gasteiger partial charge on any atom is -0.394 e. The molecule has 1 spiro atoms. The molecule has 220 valence electrons. The van der Waals surface area contributed by atoms with Crippen LogP contribution < -0.4 is 0 Å². The van der Waals surface area contributed by atoms with Gasteiger partial charge in [-0.25, -0.2) is 0 Å². The van der Waals surface area contributed by atoms with Crippen LogP contribution in [0.25, 0.3) is 0 Å². The maximum Gasteiger partial charge on any atom is 0.249 e. The van der Waals surface area contributed by atoms with E-state index in [4.69, 9.17) is 4.74 Å². The first-order valence-electron chi connectivity index (χ1n) is 15.0. The highest BCUT2D eigenvalue weighted by molar-refractivity contribution is 6.00. The van der Waals surface area contributed by atoms with Gasteiger partial charge < -0.3 is 24.5 Å². The minimum atomic E-state index is -1.35. The van der Waals surface area contributed by atoms with Gasteiger partial charge in [0, 0.05) is 26.2 Å². The molecule has 0 radical (unpaired) electrons. The Morgan fingerprint density at radius 3 is 2.17 bits per heavy atom. The third-order valence-electron chi connectivity index (χ3n) is 9.29. The van der Waals surface area contributed by atoms with Crippen LogP contribution in [0.15, 0.2) is 85.0 Å². The smallest absolute Gasteiger partial charge is 0.249 e. The number of aliphatic hydroxyl groups is 1. The van der Waals surface area contributed by atoms with E-state index in [0.717, 1.165) is 17.5 Å². The summed E-state index contributed by atoms with van der Waals surface area (Å²) in [5.41, 5.74) is -0.486. The molecule has 0 saturated carbocycles. The quantitative estimate of drug-likeness (QED) is 0.494. The molecule has 4 aliphatic heterocycles. The lowest BCUT2D eigenvalue weighted by molar-refractivity contribution is -0.156. The van der Waals surface area contributed by atoms with Gasteiger partial charge in [-0.05, 0) is 30.9 Å². The summed E-state index contributed by atoms with van der Waals surface area (Å²) in [6.07, 6.45) is 8.78. The van der Waals surface area contributed by atoms with Crippen molar-refractivity contribution >= 4 is 17.7 Å². The fourth-order valence-electron chi connectivity index (χ4n) is 7.51. The molecule has 42 heavy (non-hydrogen) atoms. The number of aliphatic hydroxyl groups excluding tert-OH is 1. The molecule has 3 amide bonds. The summed E-state index contributed by atoms with van der Waals surface area (Å²) in [4.78, 5) is 48.6. The molecule has 0 aliphatic carbocycles. The molecule has 2 aromatic rings. The fraction of sp³-hybridized carbons (Fsp3) is 0.441. The van der Waals surface area contributed by atoms with E-state index in [2.05, 4.69) is 0 Å². The summed E-state index contributed by atoms with van der Waals surface area (Å²) in [6, 6.07) is 17.7. The van der Waals surface area contributed by atoms with Crippen LogP contribution in [0.5, 0.6) is 0 Å². The highest BCUT2D eigenvalue weighted by Crippen LogP contribution is 2.58. The van der Waals surface area contributed by atoms with Gasteiger partial charge in [-0.2, -0.15) is 0 Å². The van der Waals surface area contributed by atoms with Crippen LogP contribution in [0.1, 0.15) is 31.4 Å². The number of rotatable bonds is 8. The van der Waals surface area contributed by atoms with Gasteiger partial charge in [0.2, 0.25) is 17.7 Å². The number of ether oxygens (including phenoxy) is 1. The Morgan fingerprint density at radius 2 is 1.50 bits per heavy atom. The van der Waals surface area contributed by atoms with Crippen molar-refractivity contribution in [1.82, 2.24) is 14.7 Å². The number of amides is 3. The third kappa shape index (κ3) is 4.57. The average molecular weight is 570 g/mol. The Bertz CT molecular complexity index is 1390. The van der Waals surface area contributed by atoms with Crippen molar-refractivity contribution < 1.29 is 24.2 Å². The summed E-state index contributed by atoms with van der Waals surface area (Å²) in [5, 5.41) is 10.7.